The van der Waals surface area contributed by atoms with E-state index >= 15 is 0 Å². The summed E-state index contributed by atoms with van der Waals surface area (Å²) in [5.74, 6) is 0.348. The highest BCUT2D eigenvalue weighted by atomic mass is 19.1. The second-order valence-corrected chi connectivity index (χ2v) is 4.45. The van der Waals surface area contributed by atoms with Gasteiger partial charge in [-0.15, -0.1) is 0 Å². The number of benzene rings is 1. The molecule has 1 saturated heterocycles. The maximum atomic E-state index is 13.8. The summed E-state index contributed by atoms with van der Waals surface area (Å²) in [6.45, 7) is 1.97. The Morgan fingerprint density at radius 2 is 2.33 bits per heavy atom. The van der Waals surface area contributed by atoms with Crippen molar-refractivity contribution in [1.82, 2.24) is 5.32 Å². The van der Waals surface area contributed by atoms with E-state index < -0.39 is 0 Å². The van der Waals surface area contributed by atoms with Crippen LogP contribution in [0.5, 0.6) is 0 Å². The van der Waals surface area contributed by atoms with Gasteiger partial charge in [0, 0.05) is 36.8 Å². The maximum absolute atomic E-state index is 13.8. The van der Waals surface area contributed by atoms with Gasteiger partial charge in [0.05, 0.1) is 0 Å². The van der Waals surface area contributed by atoms with Gasteiger partial charge in [0.2, 0.25) is 0 Å². The quantitative estimate of drug-likeness (QED) is 0.695. The van der Waals surface area contributed by atoms with Crippen LogP contribution in [0.15, 0.2) is 18.2 Å². The van der Waals surface area contributed by atoms with E-state index in [1.807, 2.05) is 6.07 Å². The Balaban J connectivity index is 2.12. The number of rotatable bonds is 0. The van der Waals surface area contributed by atoms with Gasteiger partial charge < -0.3 is 10.2 Å². The Morgan fingerprint density at radius 3 is 3.20 bits per heavy atom. The van der Waals surface area contributed by atoms with Crippen LogP contribution >= 0.6 is 0 Å². The van der Waals surface area contributed by atoms with Crippen LogP contribution in [-0.4, -0.2) is 26.2 Å². The van der Waals surface area contributed by atoms with E-state index in [0.717, 1.165) is 30.8 Å². The smallest absolute Gasteiger partial charge is 0.128 e. The van der Waals surface area contributed by atoms with Gasteiger partial charge in [-0.1, -0.05) is 6.07 Å². The Morgan fingerprint density at radius 1 is 1.47 bits per heavy atom. The molecule has 1 fully saturated rings. The lowest BCUT2D eigenvalue weighted by atomic mass is 9.89. The average molecular weight is 206 g/mol. The zero-order valence-corrected chi connectivity index (χ0v) is 8.83. The van der Waals surface area contributed by atoms with Crippen molar-refractivity contribution < 1.29 is 4.39 Å². The van der Waals surface area contributed by atoms with Gasteiger partial charge in [-0.25, -0.2) is 4.39 Å². The third kappa shape index (κ3) is 1.19. The Kier molecular flexibility index (Phi) is 1.96. The van der Waals surface area contributed by atoms with Crippen molar-refractivity contribution in [3.05, 3.63) is 29.6 Å². The molecule has 2 heterocycles. The molecule has 1 aromatic carbocycles. The van der Waals surface area contributed by atoms with Crippen LogP contribution in [0.1, 0.15) is 17.9 Å². The number of hydrogen-bond donors (Lipinski definition) is 1. The fourth-order valence-electron chi connectivity index (χ4n) is 2.96. The van der Waals surface area contributed by atoms with E-state index in [1.54, 1.807) is 12.1 Å². The topological polar surface area (TPSA) is 15.3 Å². The number of halogens is 1. The van der Waals surface area contributed by atoms with Gasteiger partial charge in [0.15, 0.2) is 0 Å². The van der Waals surface area contributed by atoms with Crippen molar-refractivity contribution in [2.24, 2.45) is 0 Å². The molecule has 0 spiro atoms. The zero-order chi connectivity index (χ0) is 10.4. The van der Waals surface area contributed by atoms with E-state index in [2.05, 4.69) is 17.3 Å². The summed E-state index contributed by atoms with van der Waals surface area (Å²) < 4.78 is 13.8. The lowest BCUT2D eigenvalue weighted by Gasteiger charge is -2.31. The highest BCUT2D eigenvalue weighted by molar-refractivity contribution is 5.62. The minimum absolute atomic E-state index is 0.0336. The number of anilines is 1. The number of piperidine rings is 1. The van der Waals surface area contributed by atoms with Crippen LogP contribution in [-0.2, 0) is 0 Å². The first kappa shape index (κ1) is 9.16. The zero-order valence-electron chi connectivity index (χ0n) is 8.83. The van der Waals surface area contributed by atoms with Crippen LogP contribution in [0.25, 0.3) is 0 Å². The normalized spacial score (nSPS) is 28.8. The summed E-state index contributed by atoms with van der Waals surface area (Å²) in [6, 6.07) is 5.84. The highest BCUT2D eigenvalue weighted by Gasteiger charge is 2.39. The molecule has 0 bridgehead atoms. The second kappa shape index (κ2) is 3.20. The minimum atomic E-state index is -0.0336. The summed E-state index contributed by atoms with van der Waals surface area (Å²) in [6.07, 6.45) is 1.04. The van der Waals surface area contributed by atoms with Crippen molar-refractivity contribution in [2.75, 3.05) is 25.0 Å². The summed E-state index contributed by atoms with van der Waals surface area (Å²) in [5.41, 5.74) is 2.01. The standard InChI is InChI=1S/C12H15FN2/c1-15-10-4-2-3-9(13)12(10)8-5-6-14-7-11(8)15/h2-4,8,11,14H,5-7H2,1H3. The third-order valence-electron chi connectivity index (χ3n) is 3.73. The van der Waals surface area contributed by atoms with Crippen LogP contribution < -0.4 is 10.2 Å². The van der Waals surface area contributed by atoms with Gasteiger partial charge in [-0.05, 0) is 25.1 Å². The second-order valence-electron chi connectivity index (χ2n) is 4.45. The molecule has 1 aromatic rings. The van der Waals surface area contributed by atoms with E-state index in [0.29, 0.717) is 12.0 Å². The molecular formula is C12H15FN2. The monoisotopic (exact) mass is 206 g/mol. The summed E-state index contributed by atoms with van der Waals surface area (Å²) in [7, 11) is 2.07. The predicted molar refractivity (Wildman–Crippen MR) is 58.8 cm³/mol. The molecular weight excluding hydrogens is 191 g/mol. The molecule has 80 valence electrons. The molecule has 2 nitrogen and oxygen atoms in total. The Labute approximate surface area is 89.1 Å². The third-order valence-corrected chi connectivity index (χ3v) is 3.73. The average Bonchev–Trinajstić information content (AvgIpc) is 2.55. The molecule has 0 aromatic heterocycles. The van der Waals surface area contributed by atoms with Crippen molar-refractivity contribution in [3.63, 3.8) is 0 Å². The number of fused-ring (bicyclic) bond motifs is 3. The van der Waals surface area contributed by atoms with Crippen molar-refractivity contribution >= 4 is 5.69 Å². The van der Waals surface area contributed by atoms with Crippen LogP contribution in [0.4, 0.5) is 10.1 Å². The summed E-state index contributed by atoms with van der Waals surface area (Å²) >= 11 is 0. The van der Waals surface area contributed by atoms with Gasteiger partial charge in [-0.2, -0.15) is 0 Å². The lowest BCUT2D eigenvalue weighted by Crippen LogP contribution is -2.44. The van der Waals surface area contributed by atoms with Gasteiger partial charge in [-0.3, -0.25) is 0 Å². The molecule has 3 rings (SSSR count). The number of likely N-dealkylation sites (N-methyl/N-ethyl adjacent to an activating group) is 1. The summed E-state index contributed by atoms with van der Waals surface area (Å²) in [5, 5.41) is 3.38. The first-order chi connectivity index (χ1) is 7.29. The molecule has 2 aliphatic heterocycles. The van der Waals surface area contributed by atoms with Crippen LogP contribution in [0.2, 0.25) is 0 Å². The molecule has 2 unspecified atom stereocenters. The Bertz CT molecular complexity index is 391. The molecule has 2 aliphatic rings. The molecule has 3 heteroatoms. The van der Waals surface area contributed by atoms with Gasteiger partial charge >= 0.3 is 0 Å². The number of nitrogens with one attached hydrogen (secondary N) is 1. The Hall–Kier alpha value is -1.09. The molecule has 0 aliphatic carbocycles. The van der Waals surface area contributed by atoms with E-state index in [-0.39, 0.29) is 5.82 Å². The summed E-state index contributed by atoms with van der Waals surface area (Å²) in [4.78, 5) is 2.22. The maximum Gasteiger partial charge on any atom is 0.128 e. The molecule has 1 N–H and O–H groups in total. The number of nitrogens with zero attached hydrogens (tertiary/aromatic N) is 1. The molecule has 0 saturated carbocycles. The van der Waals surface area contributed by atoms with Crippen molar-refractivity contribution in [2.45, 2.75) is 18.4 Å². The minimum Gasteiger partial charge on any atom is -0.369 e. The lowest BCUT2D eigenvalue weighted by molar-refractivity contribution is 0.406. The molecule has 0 radical (unpaired) electrons. The van der Waals surface area contributed by atoms with Crippen LogP contribution in [0.3, 0.4) is 0 Å². The fraction of sp³-hybridized carbons (Fsp3) is 0.500. The molecule has 0 amide bonds. The first-order valence-electron chi connectivity index (χ1n) is 5.51. The van der Waals surface area contributed by atoms with E-state index in [9.17, 15) is 4.39 Å². The fourth-order valence-corrected chi connectivity index (χ4v) is 2.96. The van der Waals surface area contributed by atoms with E-state index in [1.165, 1.54) is 0 Å². The SMILES string of the molecule is CN1c2cccc(F)c2C2CCNCC21. The van der Waals surface area contributed by atoms with Crippen molar-refractivity contribution in [3.8, 4) is 0 Å². The van der Waals surface area contributed by atoms with Gasteiger partial charge in [0.25, 0.3) is 0 Å². The molecule has 15 heavy (non-hydrogen) atoms. The largest absolute Gasteiger partial charge is 0.369 e. The van der Waals surface area contributed by atoms with E-state index in [4.69, 9.17) is 0 Å². The van der Waals surface area contributed by atoms with Gasteiger partial charge in [0.1, 0.15) is 5.82 Å². The predicted octanol–water partition coefficient (Wildman–Crippen LogP) is 1.72. The first-order valence-corrected chi connectivity index (χ1v) is 5.51. The van der Waals surface area contributed by atoms with Crippen LogP contribution in [0, 0.1) is 5.82 Å². The van der Waals surface area contributed by atoms with Crippen molar-refractivity contribution in [1.29, 1.82) is 0 Å². The molecule has 2 atom stereocenters. The highest BCUT2D eigenvalue weighted by Crippen LogP contribution is 2.43. The number of hydrogen-bond acceptors (Lipinski definition) is 2.